The van der Waals surface area contributed by atoms with Crippen molar-refractivity contribution in [3.8, 4) is 0 Å². The van der Waals surface area contributed by atoms with E-state index >= 15 is 0 Å². The summed E-state index contributed by atoms with van der Waals surface area (Å²) in [6, 6.07) is 2.65. The molecule has 2 atom stereocenters. The lowest BCUT2D eigenvalue weighted by Gasteiger charge is -2.28. The minimum Gasteiger partial charge on any atom is -0.466 e. The number of rotatable bonds is 6. The van der Waals surface area contributed by atoms with Crippen LogP contribution in [0.1, 0.15) is 38.2 Å². The maximum Gasteiger partial charge on any atom is 0.308 e. The Kier molecular flexibility index (Phi) is 5.86. The van der Waals surface area contributed by atoms with E-state index in [4.69, 9.17) is 4.74 Å². The molecule has 1 aliphatic rings. The molecule has 3 nitrogen and oxygen atoms in total. The fourth-order valence-corrected chi connectivity index (χ4v) is 3.41. The van der Waals surface area contributed by atoms with Gasteiger partial charge in [0, 0.05) is 6.04 Å². The average Bonchev–Trinajstić information content (AvgIpc) is 2.93. The first-order valence-electron chi connectivity index (χ1n) is 7.20. The Labute approximate surface area is 119 Å². The minimum atomic E-state index is -0.00756. The van der Waals surface area contributed by atoms with Gasteiger partial charge in [-0.15, -0.1) is 0 Å². The van der Waals surface area contributed by atoms with Crippen LogP contribution in [0.25, 0.3) is 0 Å². The summed E-state index contributed by atoms with van der Waals surface area (Å²) in [5, 5.41) is 7.90. The first-order valence-corrected chi connectivity index (χ1v) is 8.15. The number of nitrogens with one attached hydrogen (secondary N) is 1. The molecule has 1 aromatic rings. The molecule has 19 heavy (non-hydrogen) atoms. The summed E-state index contributed by atoms with van der Waals surface area (Å²) >= 11 is 1.75. The zero-order chi connectivity index (χ0) is 13.5. The molecule has 1 saturated carbocycles. The van der Waals surface area contributed by atoms with Crippen LogP contribution < -0.4 is 5.32 Å². The van der Waals surface area contributed by atoms with Gasteiger partial charge in [-0.05, 0) is 61.5 Å². The molecule has 0 radical (unpaired) electrons. The molecule has 0 spiro atoms. The van der Waals surface area contributed by atoms with Crippen molar-refractivity contribution in [2.75, 3.05) is 13.2 Å². The number of carbonyl (C=O) groups excluding carboxylic acids is 1. The second kappa shape index (κ2) is 7.65. The molecular formula is C15H23NO2S. The fourth-order valence-electron chi connectivity index (χ4n) is 2.70. The molecule has 4 heteroatoms. The predicted molar refractivity (Wildman–Crippen MR) is 78.4 cm³/mol. The van der Waals surface area contributed by atoms with Crippen LogP contribution in [0.5, 0.6) is 0 Å². The molecule has 1 heterocycles. The van der Waals surface area contributed by atoms with Crippen LogP contribution in [0.2, 0.25) is 0 Å². The van der Waals surface area contributed by atoms with Gasteiger partial charge in [0.15, 0.2) is 0 Å². The van der Waals surface area contributed by atoms with Gasteiger partial charge in [-0.25, -0.2) is 0 Å². The molecule has 1 aliphatic carbocycles. The predicted octanol–water partition coefficient (Wildman–Crippen LogP) is 3.00. The first-order chi connectivity index (χ1) is 9.29. The number of hydrogen-bond acceptors (Lipinski definition) is 4. The highest BCUT2D eigenvalue weighted by atomic mass is 32.1. The maximum atomic E-state index is 11.8. The lowest BCUT2D eigenvalue weighted by Crippen LogP contribution is -2.37. The Morgan fingerprint density at radius 3 is 3.16 bits per heavy atom. The molecule has 0 aromatic carbocycles. The van der Waals surface area contributed by atoms with Crippen molar-refractivity contribution in [1.29, 1.82) is 0 Å². The number of ether oxygens (including phenoxy) is 1. The van der Waals surface area contributed by atoms with Crippen LogP contribution in [-0.2, 0) is 16.0 Å². The first kappa shape index (κ1) is 14.5. The van der Waals surface area contributed by atoms with Crippen molar-refractivity contribution in [3.63, 3.8) is 0 Å². The lowest BCUT2D eigenvalue weighted by atomic mass is 9.85. The second-order valence-corrected chi connectivity index (χ2v) is 5.93. The minimum absolute atomic E-state index is 0.00756. The highest BCUT2D eigenvalue weighted by molar-refractivity contribution is 7.07. The van der Waals surface area contributed by atoms with Gasteiger partial charge in [-0.3, -0.25) is 4.79 Å². The fraction of sp³-hybridized carbons (Fsp3) is 0.667. The van der Waals surface area contributed by atoms with Crippen molar-refractivity contribution >= 4 is 17.3 Å². The molecule has 106 valence electrons. The van der Waals surface area contributed by atoms with E-state index in [0.29, 0.717) is 12.6 Å². The van der Waals surface area contributed by atoms with Crippen LogP contribution in [0.4, 0.5) is 0 Å². The molecule has 1 fully saturated rings. The third-order valence-electron chi connectivity index (χ3n) is 3.72. The lowest BCUT2D eigenvalue weighted by molar-refractivity contribution is -0.149. The topological polar surface area (TPSA) is 38.3 Å². The van der Waals surface area contributed by atoms with Crippen LogP contribution in [0.15, 0.2) is 16.8 Å². The number of carbonyl (C=O) groups is 1. The SMILES string of the molecule is CCOC(=O)C1CCCC(NCCc2ccsc2)C1. The second-order valence-electron chi connectivity index (χ2n) is 5.15. The highest BCUT2D eigenvalue weighted by Crippen LogP contribution is 2.25. The van der Waals surface area contributed by atoms with Gasteiger partial charge in [0.2, 0.25) is 0 Å². The average molecular weight is 281 g/mol. The van der Waals surface area contributed by atoms with Crippen LogP contribution in [-0.4, -0.2) is 25.2 Å². The van der Waals surface area contributed by atoms with E-state index in [1.54, 1.807) is 11.3 Å². The Morgan fingerprint density at radius 2 is 2.42 bits per heavy atom. The van der Waals surface area contributed by atoms with Crippen LogP contribution >= 0.6 is 11.3 Å². The number of thiophene rings is 1. The van der Waals surface area contributed by atoms with E-state index in [-0.39, 0.29) is 11.9 Å². The van der Waals surface area contributed by atoms with Crippen LogP contribution in [0, 0.1) is 5.92 Å². The molecule has 0 aliphatic heterocycles. The van der Waals surface area contributed by atoms with Gasteiger partial charge in [0.25, 0.3) is 0 Å². The zero-order valence-corrected chi connectivity index (χ0v) is 12.4. The molecule has 2 rings (SSSR count). The van der Waals surface area contributed by atoms with Crippen molar-refractivity contribution < 1.29 is 9.53 Å². The van der Waals surface area contributed by atoms with Crippen molar-refractivity contribution in [2.45, 2.75) is 45.1 Å². The summed E-state index contributed by atoms with van der Waals surface area (Å²) in [7, 11) is 0. The smallest absolute Gasteiger partial charge is 0.308 e. The maximum absolute atomic E-state index is 11.8. The zero-order valence-electron chi connectivity index (χ0n) is 11.6. The third kappa shape index (κ3) is 4.62. The number of hydrogen-bond donors (Lipinski definition) is 1. The molecule has 0 amide bonds. The van der Waals surface area contributed by atoms with E-state index in [1.165, 1.54) is 12.0 Å². The standard InChI is InChI=1S/C15H23NO2S/c1-2-18-15(17)13-4-3-5-14(10-13)16-8-6-12-7-9-19-11-12/h7,9,11,13-14,16H,2-6,8,10H2,1H3. The number of esters is 1. The monoisotopic (exact) mass is 281 g/mol. The van der Waals surface area contributed by atoms with Gasteiger partial charge in [-0.1, -0.05) is 6.42 Å². The molecular weight excluding hydrogens is 258 g/mol. The summed E-state index contributed by atoms with van der Waals surface area (Å²) in [5.41, 5.74) is 1.40. The summed E-state index contributed by atoms with van der Waals surface area (Å²) in [5.74, 6) is 0.0965. The summed E-state index contributed by atoms with van der Waals surface area (Å²) in [6.45, 7) is 3.36. The van der Waals surface area contributed by atoms with Crippen molar-refractivity contribution in [2.24, 2.45) is 5.92 Å². The summed E-state index contributed by atoms with van der Waals surface area (Å²) < 4.78 is 5.13. The Hall–Kier alpha value is -0.870. The Balaban J connectivity index is 1.70. The van der Waals surface area contributed by atoms with Crippen molar-refractivity contribution in [1.82, 2.24) is 5.32 Å². The molecule has 0 bridgehead atoms. The summed E-state index contributed by atoms with van der Waals surface area (Å²) in [4.78, 5) is 11.8. The van der Waals surface area contributed by atoms with Gasteiger partial charge in [0.05, 0.1) is 12.5 Å². The van der Waals surface area contributed by atoms with Crippen molar-refractivity contribution in [3.05, 3.63) is 22.4 Å². The molecule has 0 saturated heterocycles. The Bertz CT molecular complexity index is 378. The summed E-state index contributed by atoms with van der Waals surface area (Å²) in [6.07, 6.45) is 5.30. The largest absolute Gasteiger partial charge is 0.466 e. The van der Waals surface area contributed by atoms with Gasteiger partial charge in [-0.2, -0.15) is 11.3 Å². The van der Waals surface area contributed by atoms with E-state index in [9.17, 15) is 4.79 Å². The molecule has 1 aromatic heterocycles. The van der Waals surface area contributed by atoms with Gasteiger partial charge in [0.1, 0.15) is 0 Å². The van der Waals surface area contributed by atoms with Gasteiger partial charge >= 0.3 is 5.97 Å². The van der Waals surface area contributed by atoms with E-state index in [0.717, 1.165) is 32.2 Å². The quantitative estimate of drug-likeness (QED) is 0.815. The molecule has 1 N–H and O–H groups in total. The highest BCUT2D eigenvalue weighted by Gasteiger charge is 2.27. The third-order valence-corrected chi connectivity index (χ3v) is 4.45. The molecule has 2 unspecified atom stereocenters. The van der Waals surface area contributed by atoms with Gasteiger partial charge < -0.3 is 10.1 Å². The van der Waals surface area contributed by atoms with E-state index in [1.807, 2.05) is 6.92 Å². The normalized spacial score (nSPS) is 23.2. The van der Waals surface area contributed by atoms with E-state index < -0.39 is 0 Å². The van der Waals surface area contributed by atoms with Crippen LogP contribution in [0.3, 0.4) is 0 Å². The van der Waals surface area contributed by atoms with E-state index in [2.05, 4.69) is 22.1 Å². The Morgan fingerprint density at radius 1 is 1.53 bits per heavy atom.